The first-order valence-corrected chi connectivity index (χ1v) is 6.70. The van der Waals surface area contributed by atoms with Gasteiger partial charge in [0.2, 0.25) is 0 Å². The van der Waals surface area contributed by atoms with Gasteiger partial charge >= 0.3 is 0 Å². The van der Waals surface area contributed by atoms with Crippen LogP contribution in [0.25, 0.3) is 0 Å². The Hall–Kier alpha value is -0.340. The van der Waals surface area contributed by atoms with Gasteiger partial charge in [-0.05, 0) is 57.2 Å². The van der Waals surface area contributed by atoms with Crippen LogP contribution in [0.5, 0.6) is 0 Å². The zero-order valence-electron chi connectivity index (χ0n) is 10.1. The molecule has 3 unspecified atom stereocenters. The lowest BCUT2D eigenvalue weighted by atomic mass is 10.1. The SMILES string of the molecule is Cc1cc(C(C)NCC2CC2C)c(C)s1. The zero-order chi connectivity index (χ0) is 11.0. The van der Waals surface area contributed by atoms with Crippen molar-refractivity contribution in [3.05, 3.63) is 21.4 Å². The van der Waals surface area contributed by atoms with Crippen LogP contribution in [0.2, 0.25) is 0 Å². The molecular weight excluding hydrogens is 202 g/mol. The van der Waals surface area contributed by atoms with Crippen molar-refractivity contribution in [1.29, 1.82) is 0 Å². The third-order valence-electron chi connectivity index (χ3n) is 3.51. The Morgan fingerprint density at radius 2 is 2.20 bits per heavy atom. The molecule has 1 nitrogen and oxygen atoms in total. The number of rotatable bonds is 4. The Labute approximate surface area is 96.9 Å². The fraction of sp³-hybridized carbons (Fsp3) is 0.692. The van der Waals surface area contributed by atoms with Crippen molar-refractivity contribution in [2.45, 2.75) is 40.2 Å². The minimum Gasteiger partial charge on any atom is -0.310 e. The molecular formula is C13H21NS. The first-order valence-electron chi connectivity index (χ1n) is 5.88. The van der Waals surface area contributed by atoms with Crippen LogP contribution >= 0.6 is 11.3 Å². The van der Waals surface area contributed by atoms with Gasteiger partial charge in [0.15, 0.2) is 0 Å². The van der Waals surface area contributed by atoms with E-state index >= 15 is 0 Å². The largest absolute Gasteiger partial charge is 0.310 e. The van der Waals surface area contributed by atoms with Crippen molar-refractivity contribution in [1.82, 2.24) is 5.32 Å². The quantitative estimate of drug-likeness (QED) is 0.821. The molecule has 1 aromatic heterocycles. The lowest BCUT2D eigenvalue weighted by Gasteiger charge is -2.13. The van der Waals surface area contributed by atoms with E-state index in [2.05, 4.69) is 39.1 Å². The normalized spacial score (nSPS) is 26.7. The van der Waals surface area contributed by atoms with E-state index in [0.29, 0.717) is 6.04 Å². The summed E-state index contributed by atoms with van der Waals surface area (Å²) in [6.07, 6.45) is 1.42. The summed E-state index contributed by atoms with van der Waals surface area (Å²) in [7, 11) is 0. The standard InChI is InChI=1S/C13H21NS/c1-8-5-12(8)7-14-10(3)13-6-9(2)15-11(13)4/h6,8,10,12,14H,5,7H2,1-4H3. The van der Waals surface area contributed by atoms with Crippen LogP contribution in [0.1, 0.15) is 41.6 Å². The molecule has 1 fully saturated rings. The maximum atomic E-state index is 3.65. The first-order chi connectivity index (χ1) is 7.08. The highest BCUT2D eigenvalue weighted by Crippen LogP contribution is 2.37. The molecule has 0 aliphatic heterocycles. The Morgan fingerprint density at radius 1 is 1.53 bits per heavy atom. The van der Waals surface area contributed by atoms with E-state index in [1.54, 1.807) is 0 Å². The Bertz CT molecular complexity index is 342. The Balaban J connectivity index is 1.89. The van der Waals surface area contributed by atoms with Crippen molar-refractivity contribution >= 4 is 11.3 Å². The van der Waals surface area contributed by atoms with E-state index in [4.69, 9.17) is 0 Å². The van der Waals surface area contributed by atoms with Gasteiger partial charge in [-0.15, -0.1) is 11.3 Å². The van der Waals surface area contributed by atoms with Crippen LogP contribution in [0.4, 0.5) is 0 Å². The van der Waals surface area contributed by atoms with Crippen molar-refractivity contribution in [3.8, 4) is 0 Å². The van der Waals surface area contributed by atoms with Gasteiger partial charge in [0.05, 0.1) is 0 Å². The molecule has 0 amide bonds. The van der Waals surface area contributed by atoms with Crippen LogP contribution in [0.3, 0.4) is 0 Å². The van der Waals surface area contributed by atoms with Crippen molar-refractivity contribution in [2.24, 2.45) is 11.8 Å². The fourth-order valence-corrected chi connectivity index (χ4v) is 3.22. The van der Waals surface area contributed by atoms with Gasteiger partial charge in [0.25, 0.3) is 0 Å². The maximum absolute atomic E-state index is 3.65. The number of nitrogens with one attached hydrogen (secondary N) is 1. The molecule has 0 bridgehead atoms. The number of hydrogen-bond acceptors (Lipinski definition) is 2. The number of hydrogen-bond donors (Lipinski definition) is 1. The van der Waals surface area contributed by atoms with Gasteiger partial charge in [-0.2, -0.15) is 0 Å². The smallest absolute Gasteiger partial charge is 0.0302 e. The van der Waals surface area contributed by atoms with Gasteiger partial charge in [0.1, 0.15) is 0 Å². The number of aryl methyl sites for hydroxylation is 2. The molecule has 1 N–H and O–H groups in total. The molecule has 1 aliphatic carbocycles. The van der Waals surface area contributed by atoms with Gasteiger partial charge < -0.3 is 5.32 Å². The van der Waals surface area contributed by atoms with Gasteiger partial charge in [-0.25, -0.2) is 0 Å². The molecule has 0 saturated heterocycles. The summed E-state index contributed by atoms with van der Waals surface area (Å²) in [6.45, 7) is 10.2. The van der Waals surface area contributed by atoms with E-state index in [0.717, 1.165) is 11.8 Å². The Morgan fingerprint density at radius 3 is 2.67 bits per heavy atom. The molecule has 84 valence electrons. The molecule has 1 heterocycles. The molecule has 2 rings (SSSR count). The average Bonchev–Trinajstić information content (AvgIpc) is 2.76. The van der Waals surface area contributed by atoms with Gasteiger partial charge in [0, 0.05) is 15.8 Å². The molecule has 0 aromatic carbocycles. The first kappa shape index (κ1) is 11.2. The zero-order valence-corrected chi connectivity index (χ0v) is 10.9. The second-order valence-electron chi connectivity index (χ2n) is 4.97. The van der Waals surface area contributed by atoms with Crippen LogP contribution < -0.4 is 5.32 Å². The summed E-state index contributed by atoms with van der Waals surface area (Å²) in [5.74, 6) is 1.89. The van der Waals surface area contributed by atoms with Crippen LogP contribution in [-0.2, 0) is 0 Å². The topological polar surface area (TPSA) is 12.0 Å². The van der Waals surface area contributed by atoms with Crippen molar-refractivity contribution in [2.75, 3.05) is 6.54 Å². The highest BCUT2D eigenvalue weighted by Gasteiger charge is 2.32. The molecule has 15 heavy (non-hydrogen) atoms. The lowest BCUT2D eigenvalue weighted by Crippen LogP contribution is -2.21. The fourth-order valence-electron chi connectivity index (χ4n) is 2.20. The molecule has 1 saturated carbocycles. The van der Waals surface area contributed by atoms with E-state index in [-0.39, 0.29) is 0 Å². The van der Waals surface area contributed by atoms with Crippen LogP contribution in [0, 0.1) is 25.7 Å². The summed E-state index contributed by atoms with van der Waals surface area (Å²) in [4.78, 5) is 2.90. The lowest BCUT2D eigenvalue weighted by molar-refractivity contribution is 0.534. The molecule has 2 heteroatoms. The van der Waals surface area contributed by atoms with Crippen LogP contribution in [-0.4, -0.2) is 6.54 Å². The Kier molecular flexibility index (Phi) is 3.17. The van der Waals surface area contributed by atoms with Gasteiger partial charge in [-0.3, -0.25) is 0 Å². The minimum absolute atomic E-state index is 0.516. The molecule has 1 aromatic rings. The summed E-state index contributed by atoms with van der Waals surface area (Å²) < 4.78 is 0. The molecule has 1 aliphatic rings. The van der Waals surface area contributed by atoms with Crippen molar-refractivity contribution < 1.29 is 0 Å². The molecule has 0 radical (unpaired) electrons. The average molecular weight is 223 g/mol. The highest BCUT2D eigenvalue weighted by atomic mass is 32.1. The third kappa shape index (κ3) is 2.61. The maximum Gasteiger partial charge on any atom is 0.0302 e. The van der Waals surface area contributed by atoms with E-state index in [9.17, 15) is 0 Å². The predicted octanol–water partition coefficient (Wildman–Crippen LogP) is 3.67. The highest BCUT2D eigenvalue weighted by molar-refractivity contribution is 7.12. The summed E-state index contributed by atoms with van der Waals surface area (Å²) in [6, 6.07) is 2.84. The number of thiophene rings is 1. The van der Waals surface area contributed by atoms with E-state index < -0.39 is 0 Å². The summed E-state index contributed by atoms with van der Waals surface area (Å²) in [5.41, 5.74) is 1.49. The van der Waals surface area contributed by atoms with E-state index in [1.807, 2.05) is 11.3 Å². The molecule has 3 atom stereocenters. The second-order valence-corrected chi connectivity index (χ2v) is 6.43. The molecule has 0 spiro atoms. The van der Waals surface area contributed by atoms with Crippen molar-refractivity contribution in [3.63, 3.8) is 0 Å². The summed E-state index contributed by atoms with van der Waals surface area (Å²) in [5, 5.41) is 3.65. The second kappa shape index (κ2) is 4.26. The minimum atomic E-state index is 0.516. The third-order valence-corrected chi connectivity index (χ3v) is 4.49. The predicted molar refractivity (Wildman–Crippen MR) is 67.5 cm³/mol. The van der Waals surface area contributed by atoms with Crippen LogP contribution in [0.15, 0.2) is 6.07 Å². The summed E-state index contributed by atoms with van der Waals surface area (Å²) >= 11 is 1.91. The monoisotopic (exact) mass is 223 g/mol. The van der Waals surface area contributed by atoms with E-state index in [1.165, 1.54) is 28.3 Å². The van der Waals surface area contributed by atoms with Gasteiger partial charge in [-0.1, -0.05) is 6.92 Å².